The first-order valence-electron chi connectivity index (χ1n) is 11.7. The van der Waals surface area contributed by atoms with E-state index in [4.69, 9.17) is 0 Å². The summed E-state index contributed by atoms with van der Waals surface area (Å²) in [5, 5.41) is 2.43. The summed E-state index contributed by atoms with van der Waals surface area (Å²) in [4.78, 5) is 36.1. The number of fused-ring (bicyclic) bond motifs is 2. The summed E-state index contributed by atoms with van der Waals surface area (Å²) in [6, 6.07) is 0.339. The fraction of sp³-hybridized carbons (Fsp3) is 0.500. The van der Waals surface area contributed by atoms with E-state index in [1.54, 1.807) is 9.80 Å². The molecule has 2 aromatic rings. The molecule has 6 rings (SSSR count). The lowest BCUT2D eigenvalue weighted by Crippen LogP contribution is -2.75. The van der Waals surface area contributed by atoms with Gasteiger partial charge in [0.15, 0.2) is 11.6 Å². The average Bonchev–Trinajstić information content (AvgIpc) is 3.18. The third-order valence-corrected chi connectivity index (χ3v) is 7.29. The number of carbonyl (C=O) groups is 2. The average molecular weight is 509 g/mol. The number of hydrogen-bond donors (Lipinski definition) is 1. The van der Waals surface area contributed by atoms with Crippen LogP contribution < -0.4 is 5.32 Å². The van der Waals surface area contributed by atoms with Gasteiger partial charge in [0.05, 0.1) is 29.2 Å². The van der Waals surface area contributed by atoms with Crippen LogP contribution in [-0.4, -0.2) is 56.4 Å². The number of urea groups is 1. The van der Waals surface area contributed by atoms with Crippen LogP contribution in [0.4, 0.5) is 32.4 Å². The van der Waals surface area contributed by atoms with E-state index in [2.05, 4.69) is 22.2 Å². The van der Waals surface area contributed by atoms with Crippen molar-refractivity contribution in [3.63, 3.8) is 0 Å². The topological polar surface area (TPSA) is 78.4 Å². The maximum absolute atomic E-state index is 14.8. The second-order valence-electron chi connectivity index (χ2n) is 9.95. The van der Waals surface area contributed by atoms with Crippen molar-refractivity contribution in [2.45, 2.75) is 56.8 Å². The monoisotopic (exact) mass is 509 g/mol. The zero-order chi connectivity index (χ0) is 25.8. The molecule has 0 unspecified atom stereocenters. The second kappa shape index (κ2) is 8.67. The van der Waals surface area contributed by atoms with Gasteiger partial charge in [-0.15, -0.1) is 0 Å². The minimum atomic E-state index is -4.94. The Bertz CT molecular complexity index is 1200. The van der Waals surface area contributed by atoms with E-state index >= 15 is 0 Å². The third kappa shape index (κ3) is 4.26. The molecule has 0 spiro atoms. The molecule has 1 N–H and O–H groups in total. The summed E-state index contributed by atoms with van der Waals surface area (Å²) < 4.78 is 68.9. The van der Waals surface area contributed by atoms with Gasteiger partial charge in [0.2, 0.25) is 5.91 Å². The lowest BCUT2D eigenvalue weighted by atomic mass is 9.64. The first-order chi connectivity index (χ1) is 17.0. The Labute approximate surface area is 203 Å². The number of benzene rings is 1. The van der Waals surface area contributed by atoms with Crippen LogP contribution in [-0.2, 0) is 11.0 Å². The molecule has 1 aliphatic carbocycles. The molecule has 36 heavy (non-hydrogen) atoms. The van der Waals surface area contributed by atoms with E-state index < -0.39 is 52.0 Å². The lowest BCUT2D eigenvalue weighted by Gasteiger charge is -2.64. The van der Waals surface area contributed by atoms with Gasteiger partial charge in [0, 0.05) is 31.1 Å². The smallest absolute Gasteiger partial charge is 0.340 e. The Balaban J connectivity index is 1.45. The zero-order valence-electron chi connectivity index (χ0n) is 19.4. The number of amides is 3. The van der Waals surface area contributed by atoms with Crippen LogP contribution >= 0.6 is 0 Å². The highest BCUT2D eigenvalue weighted by atomic mass is 19.4. The van der Waals surface area contributed by atoms with Crippen molar-refractivity contribution < 1.29 is 31.5 Å². The number of piperidine rings is 1. The van der Waals surface area contributed by atoms with Crippen molar-refractivity contribution in [1.82, 2.24) is 19.8 Å². The molecule has 4 aliphatic rings. The van der Waals surface area contributed by atoms with Crippen LogP contribution in [0.5, 0.6) is 0 Å². The maximum atomic E-state index is 14.8. The molecular weight excluding hydrogens is 485 g/mol. The molecule has 12 heteroatoms. The largest absolute Gasteiger partial charge is 0.417 e. The van der Waals surface area contributed by atoms with Crippen LogP contribution in [0.25, 0.3) is 11.4 Å². The number of rotatable bonds is 4. The van der Waals surface area contributed by atoms with Gasteiger partial charge in [-0.3, -0.25) is 4.79 Å². The van der Waals surface area contributed by atoms with Gasteiger partial charge in [-0.05, 0) is 43.7 Å². The van der Waals surface area contributed by atoms with Crippen LogP contribution in [0.15, 0.2) is 24.5 Å². The van der Waals surface area contributed by atoms with Crippen LogP contribution in [0.1, 0.15) is 44.6 Å². The van der Waals surface area contributed by atoms with E-state index in [9.17, 15) is 31.5 Å². The zero-order valence-corrected chi connectivity index (χ0v) is 19.4. The molecule has 1 aromatic carbocycles. The maximum Gasteiger partial charge on any atom is 0.417 e. The number of anilines is 1. The van der Waals surface area contributed by atoms with Crippen molar-refractivity contribution in [2.24, 2.45) is 5.92 Å². The minimum absolute atomic E-state index is 0.0316. The summed E-state index contributed by atoms with van der Waals surface area (Å²) >= 11 is 0. The van der Waals surface area contributed by atoms with E-state index in [0.717, 1.165) is 18.9 Å². The first kappa shape index (κ1) is 24.4. The predicted octanol–water partition coefficient (Wildman–Crippen LogP) is 4.84. The predicted molar refractivity (Wildman–Crippen MR) is 119 cm³/mol. The molecule has 0 radical (unpaired) electrons. The first-order valence-corrected chi connectivity index (χ1v) is 11.7. The van der Waals surface area contributed by atoms with Crippen molar-refractivity contribution in [1.29, 1.82) is 0 Å². The van der Waals surface area contributed by atoms with Crippen molar-refractivity contribution in [2.75, 3.05) is 18.4 Å². The molecule has 192 valence electrons. The second-order valence-corrected chi connectivity index (χ2v) is 9.95. The third-order valence-electron chi connectivity index (χ3n) is 7.29. The van der Waals surface area contributed by atoms with Crippen molar-refractivity contribution >= 4 is 17.6 Å². The van der Waals surface area contributed by atoms with Gasteiger partial charge in [-0.2, -0.15) is 13.2 Å². The standard InChI is InChI=1S/C24H24F5N5O2/c1-13-5-15-9-23(8-13,12-33-4-2-3-20(33)35)34(15)22(36)32-19-6-16(21-30-10-14(25)11-31-21)17(7-18(19)26)24(27,28)29/h6-7,10-11,13,15H,2-5,8-9,12H2,1H3,(H,32,36)/t13-,15+,23-/m0/s1. The lowest BCUT2D eigenvalue weighted by molar-refractivity contribution is -0.138. The number of hydrogen-bond acceptors (Lipinski definition) is 4. The van der Waals surface area contributed by atoms with Gasteiger partial charge < -0.3 is 15.1 Å². The number of likely N-dealkylation sites (tertiary alicyclic amines) is 1. The molecule has 7 nitrogen and oxygen atoms in total. The van der Waals surface area contributed by atoms with Gasteiger partial charge in [0.25, 0.3) is 0 Å². The Morgan fingerprint density at radius 1 is 1.19 bits per heavy atom. The number of nitrogens with one attached hydrogen (secondary N) is 1. The van der Waals surface area contributed by atoms with Gasteiger partial charge in [0.1, 0.15) is 5.82 Å². The highest BCUT2D eigenvalue weighted by molar-refractivity contribution is 5.92. The molecule has 4 fully saturated rings. The number of nitrogens with zero attached hydrogens (tertiary/aromatic N) is 4. The molecule has 3 saturated heterocycles. The highest BCUT2D eigenvalue weighted by Gasteiger charge is 2.59. The highest BCUT2D eigenvalue weighted by Crippen LogP contribution is 2.51. The minimum Gasteiger partial charge on any atom is -0.340 e. The Hall–Kier alpha value is -3.31. The Kier molecular flexibility index (Phi) is 5.87. The summed E-state index contributed by atoms with van der Waals surface area (Å²) in [7, 11) is 0. The SMILES string of the molecule is C[C@H]1C[C@@H]2C[C@](CN3CCCC3=O)(C1)N2C(=O)Nc1cc(-c2ncc(F)cn2)c(C(F)(F)F)cc1F. The molecule has 3 amide bonds. The summed E-state index contributed by atoms with van der Waals surface area (Å²) in [6.45, 7) is 3.07. The van der Waals surface area contributed by atoms with Crippen molar-refractivity contribution in [3.8, 4) is 11.4 Å². The van der Waals surface area contributed by atoms with E-state index in [-0.39, 0.29) is 18.0 Å². The number of alkyl halides is 3. The van der Waals surface area contributed by atoms with Gasteiger partial charge >= 0.3 is 12.2 Å². The van der Waals surface area contributed by atoms with Crippen LogP contribution in [0.2, 0.25) is 0 Å². The van der Waals surface area contributed by atoms with E-state index in [1.807, 2.05) is 0 Å². The summed E-state index contributed by atoms with van der Waals surface area (Å²) in [6.07, 6.45) is -0.187. The van der Waals surface area contributed by atoms with Gasteiger partial charge in [-0.1, -0.05) is 6.92 Å². The number of aromatic nitrogens is 2. The molecule has 4 heterocycles. The van der Waals surface area contributed by atoms with Crippen LogP contribution in [0.3, 0.4) is 0 Å². The van der Waals surface area contributed by atoms with Gasteiger partial charge in [-0.25, -0.2) is 23.5 Å². The summed E-state index contributed by atoms with van der Waals surface area (Å²) in [5.74, 6) is -2.22. The molecule has 1 aromatic heterocycles. The van der Waals surface area contributed by atoms with E-state index in [1.165, 1.54) is 0 Å². The Morgan fingerprint density at radius 3 is 2.56 bits per heavy atom. The molecule has 1 saturated carbocycles. The normalized spacial score (nSPS) is 25.7. The number of carbonyl (C=O) groups excluding carboxylic acids is 2. The quantitative estimate of drug-likeness (QED) is 0.599. The van der Waals surface area contributed by atoms with Crippen LogP contribution in [0, 0.1) is 17.6 Å². The summed E-state index contributed by atoms with van der Waals surface area (Å²) in [5.41, 5.74) is -3.00. The van der Waals surface area contributed by atoms with Crippen molar-refractivity contribution in [3.05, 3.63) is 41.7 Å². The Morgan fingerprint density at radius 2 is 1.92 bits per heavy atom. The molecule has 3 aliphatic heterocycles. The fourth-order valence-corrected chi connectivity index (χ4v) is 6.00. The molecule has 3 atom stereocenters. The van der Waals surface area contributed by atoms with E-state index in [0.29, 0.717) is 50.7 Å². The number of halogens is 5. The fourth-order valence-electron chi connectivity index (χ4n) is 6.00. The molecular formula is C24H24F5N5O2. The molecule has 2 bridgehead atoms.